The van der Waals surface area contributed by atoms with Gasteiger partial charge in [0.25, 0.3) is 0 Å². The number of hydrogen-bond donors (Lipinski definition) is 1. The Balaban J connectivity index is 2.05. The average molecular weight is 244 g/mol. The van der Waals surface area contributed by atoms with Crippen LogP contribution in [-0.4, -0.2) is 23.0 Å². The van der Waals surface area contributed by atoms with E-state index in [1.54, 1.807) is 0 Å². The van der Waals surface area contributed by atoms with Gasteiger partial charge in [-0.05, 0) is 25.8 Å². The molecule has 2 heterocycles. The lowest BCUT2D eigenvalue weighted by Gasteiger charge is -2.22. The lowest BCUT2D eigenvalue weighted by atomic mass is 10.1. The first kappa shape index (κ1) is 11.4. The van der Waals surface area contributed by atoms with Crippen LogP contribution in [0, 0.1) is 0 Å². The summed E-state index contributed by atoms with van der Waals surface area (Å²) in [4.78, 5) is 0. The number of nitrogens with zero attached hydrogens (tertiary/aromatic N) is 2. The molecule has 1 unspecified atom stereocenters. The Hall–Kier alpha value is -0.130. The highest BCUT2D eigenvalue weighted by atomic mass is 33.1. The first-order valence-electron chi connectivity index (χ1n) is 5.24. The average Bonchev–Trinajstić information content (AvgIpc) is 2.78. The van der Waals surface area contributed by atoms with Gasteiger partial charge in [0.2, 0.25) is 0 Å². The third-order valence-electron chi connectivity index (χ3n) is 2.77. The molecule has 1 saturated heterocycles. The number of aromatic nitrogens is 2. The molecule has 1 fully saturated rings. The van der Waals surface area contributed by atoms with E-state index >= 15 is 0 Å². The van der Waals surface area contributed by atoms with Gasteiger partial charge < -0.3 is 4.74 Å². The van der Waals surface area contributed by atoms with Gasteiger partial charge in [-0.1, -0.05) is 10.8 Å². The predicted octanol–water partition coefficient (Wildman–Crippen LogP) is 2.87. The molecule has 15 heavy (non-hydrogen) atoms. The minimum atomic E-state index is 0.356. The molecule has 1 aliphatic rings. The molecule has 0 amide bonds. The highest BCUT2D eigenvalue weighted by Crippen LogP contribution is 2.30. The van der Waals surface area contributed by atoms with Gasteiger partial charge in [0.05, 0.1) is 17.0 Å². The quantitative estimate of drug-likeness (QED) is 0.654. The molecule has 5 heteroatoms. The van der Waals surface area contributed by atoms with Gasteiger partial charge in [-0.3, -0.25) is 4.68 Å². The van der Waals surface area contributed by atoms with E-state index in [1.807, 2.05) is 0 Å². The Kier molecular flexibility index (Phi) is 3.99. The van der Waals surface area contributed by atoms with E-state index in [0.717, 1.165) is 31.7 Å². The monoisotopic (exact) mass is 244 g/mol. The number of hydrogen-bond acceptors (Lipinski definition) is 4. The van der Waals surface area contributed by atoms with Gasteiger partial charge in [0.15, 0.2) is 0 Å². The molecule has 1 atom stereocenters. The summed E-state index contributed by atoms with van der Waals surface area (Å²) in [7, 11) is 1.53. The van der Waals surface area contributed by atoms with E-state index in [0.29, 0.717) is 11.3 Å². The largest absolute Gasteiger partial charge is 0.381 e. The summed E-state index contributed by atoms with van der Waals surface area (Å²) in [5.41, 5.74) is 1.11. The van der Waals surface area contributed by atoms with Gasteiger partial charge in [-0.25, -0.2) is 0 Å². The van der Waals surface area contributed by atoms with Crippen molar-refractivity contribution in [3.05, 3.63) is 18.0 Å². The van der Waals surface area contributed by atoms with Gasteiger partial charge in [0, 0.05) is 19.4 Å². The maximum atomic E-state index is 5.34. The van der Waals surface area contributed by atoms with Crippen LogP contribution in [0.4, 0.5) is 0 Å². The zero-order valence-electron chi connectivity index (χ0n) is 8.80. The van der Waals surface area contributed by atoms with E-state index < -0.39 is 0 Å². The summed E-state index contributed by atoms with van der Waals surface area (Å²) >= 11 is 4.21. The van der Waals surface area contributed by atoms with Crippen LogP contribution in [-0.2, 0) is 4.74 Å². The molecule has 1 aromatic heterocycles. The molecule has 2 rings (SSSR count). The standard InChI is InChI=1S/C10H16N2OS2/c1-8(15-14)10-2-5-12(11-10)9-3-6-13-7-4-9/h2,5,8-9,14H,3-4,6-7H2,1H3. The second-order valence-electron chi connectivity index (χ2n) is 3.81. The predicted molar refractivity (Wildman–Crippen MR) is 66.3 cm³/mol. The molecular weight excluding hydrogens is 228 g/mol. The molecule has 84 valence electrons. The van der Waals surface area contributed by atoms with Crippen LogP contribution >= 0.6 is 22.5 Å². The van der Waals surface area contributed by atoms with Crippen molar-refractivity contribution in [2.24, 2.45) is 0 Å². The van der Waals surface area contributed by atoms with E-state index in [4.69, 9.17) is 4.74 Å². The van der Waals surface area contributed by atoms with Crippen LogP contribution < -0.4 is 0 Å². The lowest BCUT2D eigenvalue weighted by molar-refractivity contribution is 0.0661. The minimum Gasteiger partial charge on any atom is -0.381 e. The molecule has 3 nitrogen and oxygen atoms in total. The molecule has 0 radical (unpaired) electrons. The van der Waals surface area contributed by atoms with Gasteiger partial charge in [-0.2, -0.15) is 5.10 Å². The second-order valence-corrected chi connectivity index (χ2v) is 5.36. The van der Waals surface area contributed by atoms with Crippen molar-refractivity contribution in [1.82, 2.24) is 9.78 Å². The summed E-state index contributed by atoms with van der Waals surface area (Å²) in [6.07, 6.45) is 4.22. The van der Waals surface area contributed by atoms with Crippen molar-refractivity contribution < 1.29 is 4.74 Å². The maximum absolute atomic E-state index is 5.34. The summed E-state index contributed by atoms with van der Waals surface area (Å²) in [6.45, 7) is 3.84. The molecule has 0 spiro atoms. The first-order valence-corrected chi connectivity index (χ1v) is 7.17. The zero-order valence-corrected chi connectivity index (χ0v) is 10.5. The van der Waals surface area contributed by atoms with Crippen molar-refractivity contribution >= 4 is 22.5 Å². The third-order valence-corrected chi connectivity index (χ3v) is 4.27. The van der Waals surface area contributed by atoms with Crippen molar-refractivity contribution in [3.63, 3.8) is 0 Å². The van der Waals surface area contributed by atoms with Crippen molar-refractivity contribution in [2.75, 3.05) is 13.2 Å². The molecule has 0 saturated carbocycles. The van der Waals surface area contributed by atoms with Crippen LogP contribution in [0.3, 0.4) is 0 Å². The number of ether oxygens (including phenoxy) is 1. The van der Waals surface area contributed by atoms with Crippen molar-refractivity contribution in [3.8, 4) is 0 Å². The van der Waals surface area contributed by atoms with Crippen LogP contribution in [0.1, 0.15) is 36.8 Å². The molecule has 1 aliphatic heterocycles. The summed E-state index contributed by atoms with van der Waals surface area (Å²) < 4.78 is 7.42. The number of rotatable bonds is 3. The Bertz CT molecular complexity index is 310. The fraction of sp³-hybridized carbons (Fsp3) is 0.700. The van der Waals surface area contributed by atoms with Gasteiger partial charge in [-0.15, -0.1) is 11.7 Å². The number of thiol groups is 1. The van der Waals surface area contributed by atoms with E-state index in [-0.39, 0.29) is 0 Å². The Morgan fingerprint density at radius 1 is 1.60 bits per heavy atom. The van der Waals surface area contributed by atoms with Gasteiger partial charge >= 0.3 is 0 Å². The van der Waals surface area contributed by atoms with E-state index in [9.17, 15) is 0 Å². The lowest BCUT2D eigenvalue weighted by Crippen LogP contribution is -2.20. The van der Waals surface area contributed by atoms with Crippen molar-refractivity contribution in [2.45, 2.75) is 31.1 Å². The fourth-order valence-corrected chi connectivity index (χ4v) is 2.33. The van der Waals surface area contributed by atoms with E-state index in [2.05, 4.69) is 40.6 Å². The smallest absolute Gasteiger partial charge is 0.0760 e. The maximum Gasteiger partial charge on any atom is 0.0760 e. The molecule has 0 N–H and O–H groups in total. The third kappa shape index (κ3) is 2.71. The van der Waals surface area contributed by atoms with Crippen LogP contribution in [0.5, 0.6) is 0 Å². The van der Waals surface area contributed by atoms with Crippen molar-refractivity contribution in [1.29, 1.82) is 0 Å². The fourth-order valence-electron chi connectivity index (χ4n) is 1.78. The molecule has 0 bridgehead atoms. The van der Waals surface area contributed by atoms with E-state index in [1.165, 1.54) is 10.8 Å². The summed E-state index contributed by atoms with van der Waals surface area (Å²) in [5, 5.41) is 4.95. The summed E-state index contributed by atoms with van der Waals surface area (Å²) in [5.74, 6) is 0. The minimum absolute atomic E-state index is 0.356. The summed E-state index contributed by atoms with van der Waals surface area (Å²) in [6, 6.07) is 2.60. The molecular formula is C10H16N2OS2. The van der Waals surface area contributed by atoms with Crippen LogP contribution in [0.25, 0.3) is 0 Å². The van der Waals surface area contributed by atoms with Gasteiger partial charge in [0.1, 0.15) is 0 Å². The topological polar surface area (TPSA) is 27.1 Å². The Morgan fingerprint density at radius 3 is 3.00 bits per heavy atom. The Labute approximate surface area is 99.4 Å². The molecule has 0 aromatic carbocycles. The SMILES string of the molecule is CC(SS)c1ccn(C2CCOCC2)n1. The first-order chi connectivity index (χ1) is 7.31. The molecule has 1 aromatic rings. The Morgan fingerprint density at radius 2 is 2.33 bits per heavy atom. The normalized spacial score (nSPS) is 20.4. The highest BCUT2D eigenvalue weighted by Gasteiger charge is 2.17. The zero-order chi connectivity index (χ0) is 10.7. The van der Waals surface area contributed by atoms with Crippen LogP contribution in [0.15, 0.2) is 12.3 Å². The highest BCUT2D eigenvalue weighted by molar-refractivity contribution is 8.68. The molecule has 0 aliphatic carbocycles. The van der Waals surface area contributed by atoms with Crippen LogP contribution in [0.2, 0.25) is 0 Å². The second kappa shape index (κ2) is 5.27.